The molecule has 0 unspecified atom stereocenters. The Kier molecular flexibility index (Phi) is 3.76. The second-order valence-electron chi connectivity index (χ2n) is 2.77. The minimum absolute atomic E-state index is 0.598. The van der Waals surface area contributed by atoms with E-state index in [9.17, 15) is 0 Å². The van der Waals surface area contributed by atoms with Crippen LogP contribution < -0.4 is 0 Å². The quantitative estimate of drug-likeness (QED) is 0.645. The lowest BCUT2D eigenvalue weighted by Crippen LogP contribution is -1.85. The van der Waals surface area contributed by atoms with Crippen LogP contribution in [0.3, 0.4) is 0 Å². The molecule has 0 radical (unpaired) electrons. The molecular formula is C10H11Cl2N. The third kappa shape index (κ3) is 2.71. The summed E-state index contributed by atoms with van der Waals surface area (Å²) in [6.45, 7) is 4.00. The molecule has 0 N–H and O–H groups in total. The Morgan fingerprint density at radius 2 is 1.85 bits per heavy atom. The maximum atomic E-state index is 5.94. The van der Waals surface area contributed by atoms with Crippen molar-refractivity contribution in [3.8, 4) is 0 Å². The van der Waals surface area contributed by atoms with Crippen molar-refractivity contribution >= 4 is 34.6 Å². The van der Waals surface area contributed by atoms with Gasteiger partial charge in [0.05, 0.1) is 10.0 Å². The van der Waals surface area contributed by atoms with Crippen molar-refractivity contribution in [2.75, 3.05) is 0 Å². The van der Waals surface area contributed by atoms with Gasteiger partial charge in [-0.3, -0.25) is 4.99 Å². The predicted molar refractivity (Wildman–Crippen MR) is 59.5 cm³/mol. The summed E-state index contributed by atoms with van der Waals surface area (Å²) in [6.07, 6.45) is 0.904. The van der Waals surface area contributed by atoms with Crippen LogP contribution in [0.4, 0.5) is 5.69 Å². The van der Waals surface area contributed by atoms with Crippen LogP contribution in [0.2, 0.25) is 10.0 Å². The zero-order valence-electron chi connectivity index (χ0n) is 7.64. The van der Waals surface area contributed by atoms with E-state index in [1.165, 1.54) is 0 Å². The monoisotopic (exact) mass is 215 g/mol. The maximum absolute atomic E-state index is 5.94. The SMILES string of the molecule is CCC(C)=Nc1c(Cl)cccc1Cl. The zero-order chi connectivity index (χ0) is 9.84. The lowest BCUT2D eigenvalue weighted by molar-refractivity contribution is 1.25. The summed E-state index contributed by atoms with van der Waals surface area (Å²) in [5.74, 6) is 0. The molecule has 0 aliphatic carbocycles. The second-order valence-corrected chi connectivity index (χ2v) is 3.59. The molecule has 0 fully saturated rings. The van der Waals surface area contributed by atoms with Crippen molar-refractivity contribution in [3.05, 3.63) is 28.2 Å². The zero-order valence-corrected chi connectivity index (χ0v) is 9.15. The number of hydrogen-bond acceptors (Lipinski definition) is 1. The first-order chi connectivity index (χ1) is 6.15. The van der Waals surface area contributed by atoms with E-state index < -0.39 is 0 Å². The van der Waals surface area contributed by atoms with Crippen LogP contribution in [0, 0.1) is 0 Å². The second kappa shape index (κ2) is 4.64. The van der Waals surface area contributed by atoms with Gasteiger partial charge in [-0.1, -0.05) is 36.2 Å². The number of rotatable bonds is 2. The number of nitrogens with zero attached hydrogens (tertiary/aromatic N) is 1. The summed E-state index contributed by atoms with van der Waals surface area (Å²) in [5, 5.41) is 1.20. The molecule has 70 valence electrons. The fourth-order valence-corrected chi connectivity index (χ4v) is 1.35. The molecule has 13 heavy (non-hydrogen) atoms. The molecule has 0 aliphatic rings. The van der Waals surface area contributed by atoms with Crippen molar-refractivity contribution in [1.29, 1.82) is 0 Å². The van der Waals surface area contributed by atoms with Crippen molar-refractivity contribution in [1.82, 2.24) is 0 Å². The van der Waals surface area contributed by atoms with Gasteiger partial charge >= 0.3 is 0 Å². The average molecular weight is 216 g/mol. The molecule has 0 atom stereocenters. The molecule has 0 saturated heterocycles. The van der Waals surface area contributed by atoms with Crippen LogP contribution >= 0.6 is 23.2 Å². The van der Waals surface area contributed by atoms with Gasteiger partial charge in [0.25, 0.3) is 0 Å². The van der Waals surface area contributed by atoms with Crippen LogP contribution in [-0.2, 0) is 0 Å². The summed E-state index contributed by atoms with van der Waals surface area (Å²) < 4.78 is 0. The minimum atomic E-state index is 0.598. The summed E-state index contributed by atoms with van der Waals surface area (Å²) in [5.41, 5.74) is 1.69. The first kappa shape index (κ1) is 10.6. The van der Waals surface area contributed by atoms with Gasteiger partial charge in [0.1, 0.15) is 5.69 Å². The number of aliphatic imine (C=N–C) groups is 1. The van der Waals surface area contributed by atoms with E-state index in [4.69, 9.17) is 23.2 Å². The standard InChI is InChI=1S/C10H11Cl2N/c1-3-7(2)13-10-8(11)5-4-6-9(10)12/h4-6H,3H2,1-2H3. The highest BCUT2D eigenvalue weighted by Gasteiger charge is 2.03. The Morgan fingerprint density at radius 3 is 2.31 bits per heavy atom. The molecule has 1 aromatic carbocycles. The highest BCUT2D eigenvalue weighted by atomic mass is 35.5. The van der Waals surface area contributed by atoms with Crippen LogP contribution in [0.25, 0.3) is 0 Å². The number of benzene rings is 1. The molecule has 1 rings (SSSR count). The van der Waals surface area contributed by atoms with Gasteiger partial charge in [-0.15, -0.1) is 0 Å². The van der Waals surface area contributed by atoms with Gasteiger partial charge in [0.15, 0.2) is 0 Å². The van der Waals surface area contributed by atoms with Gasteiger partial charge in [0, 0.05) is 5.71 Å². The number of hydrogen-bond donors (Lipinski definition) is 0. The fraction of sp³-hybridized carbons (Fsp3) is 0.300. The molecular weight excluding hydrogens is 205 g/mol. The Balaban J connectivity index is 3.14. The van der Waals surface area contributed by atoms with E-state index in [-0.39, 0.29) is 0 Å². The molecule has 0 amide bonds. The van der Waals surface area contributed by atoms with Crippen LogP contribution in [0.1, 0.15) is 20.3 Å². The highest BCUT2D eigenvalue weighted by Crippen LogP contribution is 2.32. The largest absolute Gasteiger partial charge is 0.255 e. The van der Waals surface area contributed by atoms with Crippen LogP contribution in [-0.4, -0.2) is 5.71 Å². The normalized spacial score (nSPS) is 11.8. The molecule has 0 aliphatic heterocycles. The molecule has 3 heteroatoms. The third-order valence-electron chi connectivity index (χ3n) is 1.75. The van der Waals surface area contributed by atoms with Crippen molar-refractivity contribution < 1.29 is 0 Å². The first-order valence-corrected chi connectivity index (χ1v) is 4.89. The van der Waals surface area contributed by atoms with E-state index in [1.807, 2.05) is 19.9 Å². The molecule has 0 aromatic heterocycles. The van der Waals surface area contributed by atoms with E-state index in [2.05, 4.69) is 4.99 Å². The van der Waals surface area contributed by atoms with E-state index in [0.29, 0.717) is 15.7 Å². The van der Waals surface area contributed by atoms with Gasteiger partial charge in [-0.2, -0.15) is 0 Å². The maximum Gasteiger partial charge on any atom is 0.100 e. The van der Waals surface area contributed by atoms with Crippen LogP contribution in [0.15, 0.2) is 23.2 Å². The van der Waals surface area contributed by atoms with Gasteiger partial charge < -0.3 is 0 Å². The van der Waals surface area contributed by atoms with Gasteiger partial charge in [0.2, 0.25) is 0 Å². The molecule has 1 aromatic rings. The fourth-order valence-electron chi connectivity index (χ4n) is 0.866. The molecule has 1 nitrogen and oxygen atoms in total. The Morgan fingerprint density at radius 1 is 1.31 bits per heavy atom. The average Bonchev–Trinajstić information content (AvgIpc) is 2.11. The molecule has 0 saturated carbocycles. The third-order valence-corrected chi connectivity index (χ3v) is 2.36. The minimum Gasteiger partial charge on any atom is -0.255 e. The van der Waals surface area contributed by atoms with E-state index in [0.717, 1.165) is 12.1 Å². The summed E-state index contributed by atoms with van der Waals surface area (Å²) in [6, 6.07) is 5.38. The topological polar surface area (TPSA) is 12.4 Å². The first-order valence-electron chi connectivity index (χ1n) is 4.13. The Hall–Kier alpha value is -0.530. The predicted octanol–water partition coefficient (Wildman–Crippen LogP) is 4.50. The summed E-state index contributed by atoms with van der Waals surface area (Å²) in [7, 11) is 0. The Bertz CT molecular complexity index is 311. The summed E-state index contributed by atoms with van der Waals surface area (Å²) >= 11 is 11.9. The van der Waals surface area contributed by atoms with E-state index >= 15 is 0 Å². The van der Waals surface area contributed by atoms with Crippen LogP contribution in [0.5, 0.6) is 0 Å². The van der Waals surface area contributed by atoms with Crippen molar-refractivity contribution in [3.63, 3.8) is 0 Å². The summed E-state index contributed by atoms with van der Waals surface area (Å²) in [4.78, 5) is 4.33. The lowest BCUT2D eigenvalue weighted by Gasteiger charge is -2.02. The number of halogens is 2. The molecule has 0 heterocycles. The van der Waals surface area contributed by atoms with Crippen molar-refractivity contribution in [2.24, 2.45) is 4.99 Å². The van der Waals surface area contributed by atoms with Crippen molar-refractivity contribution in [2.45, 2.75) is 20.3 Å². The van der Waals surface area contributed by atoms with Gasteiger partial charge in [-0.25, -0.2) is 0 Å². The smallest absolute Gasteiger partial charge is 0.100 e. The molecule has 0 bridgehead atoms. The van der Waals surface area contributed by atoms with E-state index in [1.54, 1.807) is 12.1 Å². The molecule has 0 spiro atoms. The number of para-hydroxylation sites is 1. The lowest BCUT2D eigenvalue weighted by atomic mass is 10.3. The Labute approximate surface area is 88.4 Å². The van der Waals surface area contributed by atoms with Gasteiger partial charge in [-0.05, 0) is 25.5 Å². The highest BCUT2D eigenvalue weighted by molar-refractivity contribution is 6.38.